The van der Waals surface area contributed by atoms with E-state index in [0.29, 0.717) is 12.0 Å². The van der Waals surface area contributed by atoms with E-state index in [-0.39, 0.29) is 6.10 Å². The molecule has 1 N–H and O–H groups in total. The molecule has 0 heterocycles. The van der Waals surface area contributed by atoms with Gasteiger partial charge in [0.1, 0.15) is 5.75 Å². The zero-order valence-electron chi connectivity index (χ0n) is 14.5. The third-order valence-corrected chi connectivity index (χ3v) is 3.42. The van der Waals surface area contributed by atoms with Crippen molar-refractivity contribution in [2.75, 3.05) is 27.2 Å². The van der Waals surface area contributed by atoms with E-state index in [1.54, 1.807) is 0 Å². The van der Waals surface area contributed by atoms with Gasteiger partial charge in [-0.25, -0.2) is 0 Å². The third kappa shape index (κ3) is 6.96. The summed E-state index contributed by atoms with van der Waals surface area (Å²) in [5, 5.41) is 3.68. The van der Waals surface area contributed by atoms with Gasteiger partial charge in [-0.1, -0.05) is 26.0 Å². The molecule has 0 radical (unpaired) electrons. The SMILES string of the molecule is CC(C)Oc1ccc(C(NCCCN(C)C)C(C)C)cc1. The molecule has 0 aromatic heterocycles. The highest BCUT2D eigenvalue weighted by Gasteiger charge is 2.15. The highest BCUT2D eigenvalue weighted by molar-refractivity contribution is 5.29. The van der Waals surface area contributed by atoms with E-state index >= 15 is 0 Å². The molecular weight excluding hydrogens is 260 g/mol. The molecular formula is C18H32N2O. The highest BCUT2D eigenvalue weighted by atomic mass is 16.5. The van der Waals surface area contributed by atoms with Gasteiger partial charge >= 0.3 is 0 Å². The molecule has 3 nitrogen and oxygen atoms in total. The van der Waals surface area contributed by atoms with Crippen LogP contribution in [0.1, 0.15) is 45.7 Å². The van der Waals surface area contributed by atoms with Gasteiger partial charge < -0.3 is 15.0 Å². The van der Waals surface area contributed by atoms with Gasteiger partial charge in [-0.2, -0.15) is 0 Å². The Morgan fingerprint density at radius 2 is 1.67 bits per heavy atom. The zero-order chi connectivity index (χ0) is 15.8. The molecule has 1 atom stereocenters. The van der Waals surface area contributed by atoms with E-state index < -0.39 is 0 Å². The summed E-state index contributed by atoms with van der Waals surface area (Å²) >= 11 is 0. The average molecular weight is 292 g/mol. The van der Waals surface area contributed by atoms with Crippen molar-refractivity contribution in [2.45, 2.75) is 46.3 Å². The molecule has 1 unspecified atom stereocenters. The maximum atomic E-state index is 5.71. The van der Waals surface area contributed by atoms with Crippen LogP contribution in [0.2, 0.25) is 0 Å². The number of benzene rings is 1. The van der Waals surface area contributed by atoms with E-state index in [2.05, 4.69) is 76.3 Å². The minimum absolute atomic E-state index is 0.223. The Morgan fingerprint density at radius 1 is 1.05 bits per heavy atom. The van der Waals surface area contributed by atoms with Crippen LogP contribution in [0, 0.1) is 5.92 Å². The first-order valence-electron chi connectivity index (χ1n) is 8.05. The lowest BCUT2D eigenvalue weighted by Crippen LogP contribution is -2.28. The Kier molecular flexibility index (Phi) is 7.76. The molecule has 1 aromatic carbocycles. The fourth-order valence-electron chi connectivity index (χ4n) is 2.42. The number of hydrogen-bond donors (Lipinski definition) is 1. The average Bonchev–Trinajstić information content (AvgIpc) is 2.38. The molecule has 0 saturated heterocycles. The normalized spacial score (nSPS) is 13.2. The topological polar surface area (TPSA) is 24.5 Å². The fourth-order valence-corrected chi connectivity index (χ4v) is 2.42. The van der Waals surface area contributed by atoms with E-state index in [9.17, 15) is 0 Å². The molecule has 1 rings (SSSR count). The monoisotopic (exact) mass is 292 g/mol. The van der Waals surface area contributed by atoms with Crippen molar-refractivity contribution in [1.82, 2.24) is 10.2 Å². The summed E-state index contributed by atoms with van der Waals surface area (Å²) in [5.74, 6) is 1.52. The van der Waals surface area contributed by atoms with Gasteiger partial charge in [0.15, 0.2) is 0 Å². The lowest BCUT2D eigenvalue weighted by Gasteiger charge is -2.24. The highest BCUT2D eigenvalue weighted by Crippen LogP contribution is 2.24. The van der Waals surface area contributed by atoms with Crippen molar-refractivity contribution in [1.29, 1.82) is 0 Å². The molecule has 0 spiro atoms. The largest absolute Gasteiger partial charge is 0.491 e. The number of nitrogens with one attached hydrogen (secondary N) is 1. The Bertz CT molecular complexity index is 385. The molecule has 21 heavy (non-hydrogen) atoms. The molecule has 1 aromatic rings. The predicted octanol–water partition coefficient (Wildman–Crippen LogP) is 3.71. The van der Waals surface area contributed by atoms with Crippen LogP contribution in [0.5, 0.6) is 5.75 Å². The first-order valence-corrected chi connectivity index (χ1v) is 8.05. The molecule has 0 aliphatic rings. The number of hydrogen-bond acceptors (Lipinski definition) is 3. The molecule has 120 valence electrons. The van der Waals surface area contributed by atoms with Crippen LogP contribution >= 0.6 is 0 Å². The Hall–Kier alpha value is -1.06. The lowest BCUT2D eigenvalue weighted by atomic mass is 9.96. The summed E-state index contributed by atoms with van der Waals surface area (Å²) in [4.78, 5) is 2.23. The van der Waals surface area contributed by atoms with Gasteiger partial charge in [0, 0.05) is 6.04 Å². The van der Waals surface area contributed by atoms with Gasteiger partial charge in [0.2, 0.25) is 0 Å². The second-order valence-electron chi connectivity index (χ2n) is 6.57. The fraction of sp³-hybridized carbons (Fsp3) is 0.667. The maximum absolute atomic E-state index is 5.71. The Labute approximate surface area is 130 Å². The van der Waals surface area contributed by atoms with Crippen LogP contribution in [0.25, 0.3) is 0 Å². The summed E-state index contributed by atoms with van der Waals surface area (Å²) in [7, 11) is 4.24. The molecule has 3 heteroatoms. The standard InChI is InChI=1S/C18H32N2O/c1-14(2)18(19-12-7-13-20(5)6)16-8-10-17(11-9-16)21-15(3)4/h8-11,14-15,18-19H,7,12-13H2,1-6H3. The first-order chi connectivity index (χ1) is 9.90. The molecule has 0 bridgehead atoms. The third-order valence-electron chi connectivity index (χ3n) is 3.42. The van der Waals surface area contributed by atoms with Crippen LogP contribution in [0.15, 0.2) is 24.3 Å². The van der Waals surface area contributed by atoms with Crippen molar-refractivity contribution >= 4 is 0 Å². The van der Waals surface area contributed by atoms with Crippen LogP contribution in [-0.4, -0.2) is 38.2 Å². The molecule has 0 saturated carbocycles. The summed E-state index contributed by atoms with van der Waals surface area (Å²) in [6, 6.07) is 8.92. The minimum Gasteiger partial charge on any atom is -0.491 e. The minimum atomic E-state index is 0.223. The quantitative estimate of drug-likeness (QED) is 0.702. The number of nitrogens with zero attached hydrogens (tertiary/aromatic N) is 1. The zero-order valence-corrected chi connectivity index (χ0v) is 14.5. The van der Waals surface area contributed by atoms with E-state index in [0.717, 1.165) is 18.8 Å². The van der Waals surface area contributed by atoms with Crippen molar-refractivity contribution in [2.24, 2.45) is 5.92 Å². The van der Waals surface area contributed by atoms with Crippen molar-refractivity contribution in [3.63, 3.8) is 0 Å². The molecule has 0 aliphatic carbocycles. The van der Waals surface area contributed by atoms with E-state index in [4.69, 9.17) is 4.74 Å². The summed E-state index contributed by atoms with van der Waals surface area (Å²) in [6.45, 7) is 10.8. The first kappa shape index (κ1) is 18.0. The van der Waals surface area contributed by atoms with Gasteiger partial charge in [-0.3, -0.25) is 0 Å². The Balaban J connectivity index is 2.59. The van der Waals surface area contributed by atoms with Crippen LogP contribution in [0.3, 0.4) is 0 Å². The van der Waals surface area contributed by atoms with Gasteiger partial charge in [0.05, 0.1) is 6.10 Å². The maximum Gasteiger partial charge on any atom is 0.119 e. The van der Waals surface area contributed by atoms with Crippen molar-refractivity contribution in [3.8, 4) is 5.75 Å². The second kappa shape index (κ2) is 9.06. The van der Waals surface area contributed by atoms with Crippen LogP contribution in [-0.2, 0) is 0 Å². The number of ether oxygens (including phenoxy) is 1. The molecule has 0 fully saturated rings. The summed E-state index contributed by atoms with van der Waals surface area (Å²) < 4.78 is 5.71. The van der Waals surface area contributed by atoms with Crippen molar-refractivity contribution in [3.05, 3.63) is 29.8 Å². The van der Waals surface area contributed by atoms with E-state index in [1.165, 1.54) is 12.0 Å². The van der Waals surface area contributed by atoms with Gasteiger partial charge in [0.25, 0.3) is 0 Å². The second-order valence-corrected chi connectivity index (χ2v) is 6.57. The molecule has 0 aliphatic heterocycles. The van der Waals surface area contributed by atoms with Crippen LogP contribution in [0.4, 0.5) is 0 Å². The predicted molar refractivity (Wildman–Crippen MR) is 91.0 cm³/mol. The number of rotatable bonds is 9. The van der Waals surface area contributed by atoms with Gasteiger partial charge in [-0.05, 0) is 71.1 Å². The lowest BCUT2D eigenvalue weighted by molar-refractivity contribution is 0.242. The molecule has 0 amide bonds. The van der Waals surface area contributed by atoms with Crippen LogP contribution < -0.4 is 10.1 Å². The van der Waals surface area contributed by atoms with Crippen molar-refractivity contribution < 1.29 is 4.74 Å². The smallest absolute Gasteiger partial charge is 0.119 e. The van der Waals surface area contributed by atoms with E-state index in [1.807, 2.05) is 0 Å². The van der Waals surface area contributed by atoms with Gasteiger partial charge in [-0.15, -0.1) is 0 Å². The Morgan fingerprint density at radius 3 is 2.14 bits per heavy atom. The summed E-state index contributed by atoms with van der Waals surface area (Å²) in [5.41, 5.74) is 1.34. The summed E-state index contributed by atoms with van der Waals surface area (Å²) in [6.07, 6.45) is 1.39.